The second-order valence-electron chi connectivity index (χ2n) is 13.3. The van der Waals surface area contributed by atoms with E-state index in [0.29, 0.717) is 49.5 Å². The number of rotatable bonds is 3. The largest absolute Gasteiger partial charge is 0.444 e. The lowest BCUT2D eigenvalue weighted by molar-refractivity contribution is -0.136. The highest BCUT2D eigenvalue weighted by Crippen LogP contribution is 2.39. The summed E-state index contributed by atoms with van der Waals surface area (Å²) in [5.74, 6) is 0.109. The average molecular weight is 633 g/mol. The number of carbonyl (C=O) groups is 2. The summed E-state index contributed by atoms with van der Waals surface area (Å²) in [6, 6.07) is 4.41. The first-order valence-corrected chi connectivity index (χ1v) is 15.0. The lowest BCUT2D eigenvalue weighted by atomic mass is 9.87. The molecule has 244 valence electrons. The Hall–Kier alpha value is -3.71. The molecular weight excluding hydrogens is 593 g/mol. The van der Waals surface area contributed by atoms with Gasteiger partial charge in [-0.2, -0.15) is 13.2 Å². The van der Waals surface area contributed by atoms with Crippen LogP contribution in [0, 0.1) is 0 Å². The minimum Gasteiger partial charge on any atom is -0.444 e. The predicted molar refractivity (Wildman–Crippen MR) is 159 cm³/mol. The predicted octanol–water partition coefficient (Wildman–Crippen LogP) is 7.10. The molecule has 10 nitrogen and oxygen atoms in total. The lowest BCUT2D eigenvalue weighted by Gasteiger charge is -2.38. The summed E-state index contributed by atoms with van der Waals surface area (Å²) in [7, 11) is 0. The van der Waals surface area contributed by atoms with Gasteiger partial charge in [0.05, 0.1) is 30.2 Å². The Morgan fingerprint density at radius 1 is 0.933 bits per heavy atom. The van der Waals surface area contributed by atoms with Gasteiger partial charge in [0.25, 0.3) is 0 Å². The molecule has 2 aliphatic heterocycles. The van der Waals surface area contributed by atoms with Crippen LogP contribution in [0.5, 0.6) is 0 Å². The van der Waals surface area contributed by atoms with Gasteiger partial charge in [-0.25, -0.2) is 19.1 Å². The van der Waals surface area contributed by atoms with E-state index < -0.39 is 41.2 Å². The van der Waals surface area contributed by atoms with Crippen LogP contribution in [0.15, 0.2) is 30.6 Å². The number of alkyl halides is 3. The fraction of sp³-hybridized carbons (Fsp3) is 0.562. The Bertz CT molecular complexity index is 1570. The van der Waals surface area contributed by atoms with Crippen molar-refractivity contribution in [2.75, 3.05) is 33.0 Å². The number of nitrogens with zero attached hydrogens (tertiary/aromatic N) is 4. The number of hydrogen-bond donors (Lipinski definition) is 0. The topological polar surface area (TPSA) is 105 Å². The Morgan fingerprint density at radius 2 is 1.60 bits per heavy atom. The molecule has 0 bridgehead atoms. The zero-order valence-electron chi connectivity index (χ0n) is 26.4. The number of pyridine rings is 2. The molecule has 2 saturated heterocycles. The zero-order chi connectivity index (χ0) is 32.7. The van der Waals surface area contributed by atoms with Crippen LogP contribution >= 0.6 is 0 Å². The second kappa shape index (κ2) is 12.2. The summed E-state index contributed by atoms with van der Waals surface area (Å²) in [5.41, 5.74) is -0.650. The van der Waals surface area contributed by atoms with Gasteiger partial charge in [-0.3, -0.25) is 9.88 Å². The van der Waals surface area contributed by atoms with E-state index in [4.69, 9.17) is 23.9 Å². The fourth-order valence-corrected chi connectivity index (χ4v) is 5.56. The number of hydrogen-bond acceptors (Lipinski definition) is 8. The summed E-state index contributed by atoms with van der Waals surface area (Å²) in [4.78, 5) is 37.0. The third kappa shape index (κ3) is 7.41. The van der Waals surface area contributed by atoms with Crippen molar-refractivity contribution in [1.29, 1.82) is 0 Å². The smallest absolute Gasteiger partial charge is 0.420 e. The van der Waals surface area contributed by atoms with Crippen molar-refractivity contribution in [1.82, 2.24) is 19.4 Å². The molecule has 0 unspecified atom stereocenters. The molecule has 0 aromatic carbocycles. The van der Waals surface area contributed by atoms with Crippen molar-refractivity contribution < 1.29 is 41.7 Å². The number of halogens is 3. The number of carbonyl (C=O) groups excluding carboxylic acids is 2. The van der Waals surface area contributed by atoms with Gasteiger partial charge in [0.2, 0.25) is 0 Å². The molecule has 0 saturated carbocycles. The van der Waals surface area contributed by atoms with E-state index in [1.54, 1.807) is 52.5 Å². The molecule has 5 heterocycles. The van der Waals surface area contributed by atoms with Gasteiger partial charge < -0.3 is 18.9 Å². The minimum atomic E-state index is -4.76. The molecule has 0 spiro atoms. The summed E-state index contributed by atoms with van der Waals surface area (Å²) in [6.07, 6.45) is -2.62. The van der Waals surface area contributed by atoms with E-state index in [2.05, 4.69) is 4.98 Å². The Balaban J connectivity index is 1.61. The third-order valence-electron chi connectivity index (χ3n) is 7.53. The molecule has 2 fully saturated rings. The Morgan fingerprint density at radius 3 is 2.24 bits per heavy atom. The standard InChI is InChI=1S/C32H39F3N4O6/c1-30(2,3)44-28(40)38-11-14-43-18-25(38)26-21(19-9-12-42-13-10-19)7-8-24(37-26)20-15-22-23(32(33,34)35)17-39(27(22)36-16-20)29(41)45-31(4,5)6/h7-8,15-17,19,25H,9-14,18H2,1-6H3/t25-/m1/s1. The van der Waals surface area contributed by atoms with Gasteiger partial charge in [0.15, 0.2) is 0 Å². The van der Waals surface area contributed by atoms with Crippen molar-refractivity contribution >= 4 is 23.2 Å². The fourth-order valence-electron chi connectivity index (χ4n) is 5.56. The van der Waals surface area contributed by atoms with Crippen molar-refractivity contribution in [3.63, 3.8) is 0 Å². The molecule has 0 aliphatic carbocycles. The maximum Gasteiger partial charge on any atom is 0.420 e. The van der Waals surface area contributed by atoms with E-state index in [-0.39, 0.29) is 23.6 Å². The normalized spacial score (nSPS) is 18.7. The van der Waals surface area contributed by atoms with Crippen molar-refractivity contribution in [3.05, 3.63) is 47.4 Å². The number of ether oxygens (including phenoxy) is 4. The summed E-state index contributed by atoms with van der Waals surface area (Å²) in [5, 5.41) is -0.265. The van der Waals surface area contributed by atoms with Gasteiger partial charge >= 0.3 is 18.4 Å². The molecule has 1 amide bonds. The monoisotopic (exact) mass is 632 g/mol. The van der Waals surface area contributed by atoms with Crippen molar-refractivity contribution in [2.45, 2.75) is 83.7 Å². The van der Waals surface area contributed by atoms with Gasteiger partial charge in [0.1, 0.15) is 22.9 Å². The molecule has 1 atom stereocenters. The molecule has 0 N–H and O–H groups in total. The molecule has 45 heavy (non-hydrogen) atoms. The van der Waals surface area contributed by atoms with Crippen LogP contribution in [0.4, 0.5) is 22.8 Å². The number of amides is 1. The van der Waals surface area contributed by atoms with Crippen LogP contribution in [-0.4, -0.2) is 75.8 Å². The minimum absolute atomic E-state index is 0.109. The zero-order valence-corrected chi connectivity index (χ0v) is 26.4. The molecule has 13 heteroatoms. The molecule has 3 aromatic rings. The first-order chi connectivity index (χ1) is 21.0. The van der Waals surface area contributed by atoms with E-state index in [9.17, 15) is 22.8 Å². The summed E-state index contributed by atoms with van der Waals surface area (Å²) in [6.45, 7) is 12.2. The lowest BCUT2D eigenvalue weighted by Crippen LogP contribution is -2.46. The molecular formula is C32H39F3N4O6. The van der Waals surface area contributed by atoms with Crippen LogP contribution < -0.4 is 0 Å². The van der Waals surface area contributed by atoms with Gasteiger partial charge in [0, 0.05) is 43.1 Å². The third-order valence-corrected chi connectivity index (χ3v) is 7.53. The van der Waals surface area contributed by atoms with Crippen molar-refractivity contribution in [2.24, 2.45) is 0 Å². The molecule has 5 rings (SSSR count). The highest BCUT2D eigenvalue weighted by atomic mass is 19.4. The number of morpholine rings is 1. The maximum absolute atomic E-state index is 14.2. The van der Waals surface area contributed by atoms with E-state index in [1.807, 2.05) is 6.07 Å². The van der Waals surface area contributed by atoms with Crippen molar-refractivity contribution in [3.8, 4) is 11.3 Å². The van der Waals surface area contributed by atoms with Crippen LogP contribution in [0.25, 0.3) is 22.3 Å². The number of fused-ring (bicyclic) bond motifs is 1. The SMILES string of the molecule is CC(C)(C)OC(=O)N1CCOC[C@@H]1c1nc(-c2cnc3c(c2)c(C(F)(F)F)cn3C(=O)OC(C)(C)C)ccc1C1CCOCC1. The summed E-state index contributed by atoms with van der Waals surface area (Å²) < 4.78 is 65.7. The second-order valence-corrected chi connectivity index (χ2v) is 13.3. The van der Waals surface area contributed by atoms with E-state index in [0.717, 1.165) is 23.0 Å². The molecule has 2 aliphatic rings. The van der Waals surface area contributed by atoms with Crippen LogP contribution in [0.2, 0.25) is 0 Å². The molecule has 0 radical (unpaired) electrons. The highest BCUT2D eigenvalue weighted by molar-refractivity contribution is 5.92. The van der Waals surface area contributed by atoms with Crippen LogP contribution in [0.3, 0.4) is 0 Å². The molecule has 3 aromatic heterocycles. The maximum atomic E-state index is 14.2. The van der Waals surface area contributed by atoms with Crippen LogP contribution in [0.1, 0.15) is 83.2 Å². The van der Waals surface area contributed by atoms with E-state index in [1.165, 1.54) is 12.3 Å². The summed E-state index contributed by atoms with van der Waals surface area (Å²) >= 11 is 0. The first-order valence-electron chi connectivity index (χ1n) is 15.0. The average Bonchev–Trinajstić information content (AvgIpc) is 3.36. The Kier molecular flexibility index (Phi) is 8.89. The highest BCUT2D eigenvalue weighted by Gasteiger charge is 2.38. The van der Waals surface area contributed by atoms with Gasteiger partial charge in [-0.1, -0.05) is 6.07 Å². The number of aromatic nitrogens is 3. The van der Waals surface area contributed by atoms with Gasteiger partial charge in [-0.15, -0.1) is 0 Å². The van der Waals surface area contributed by atoms with Crippen LogP contribution in [-0.2, 0) is 25.1 Å². The Labute approximate surface area is 259 Å². The van der Waals surface area contributed by atoms with E-state index >= 15 is 0 Å². The quantitative estimate of drug-likeness (QED) is 0.301. The van der Waals surface area contributed by atoms with Gasteiger partial charge in [-0.05, 0) is 78.0 Å². The first kappa shape index (κ1) is 32.7.